The minimum absolute atomic E-state index is 0.101. The van der Waals surface area contributed by atoms with E-state index < -0.39 is 5.97 Å². The maximum absolute atomic E-state index is 10.5. The van der Waals surface area contributed by atoms with Gasteiger partial charge < -0.3 is 10.8 Å². The highest BCUT2D eigenvalue weighted by atomic mass is 16.4. The highest BCUT2D eigenvalue weighted by molar-refractivity contribution is 5.67. The van der Waals surface area contributed by atoms with Crippen molar-refractivity contribution in [1.29, 1.82) is 0 Å². The molecule has 0 radical (unpaired) electrons. The van der Waals surface area contributed by atoms with E-state index in [1.54, 1.807) is 0 Å². The molecule has 0 heterocycles. The number of hydrogen-bond donors (Lipinski definition) is 2. The molecular formula is C11H21NO2. The van der Waals surface area contributed by atoms with Gasteiger partial charge in [-0.2, -0.15) is 0 Å². The third kappa shape index (κ3) is 6.66. The molecular weight excluding hydrogens is 178 g/mol. The summed E-state index contributed by atoms with van der Waals surface area (Å²) in [6, 6.07) is 0. The van der Waals surface area contributed by atoms with E-state index >= 15 is 0 Å². The molecule has 0 spiro atoms. The van der Waals surface area contributed by atoms with Crippen LogP contribution in [0.5, 0.6) is 0 Å². The molecule has 0 aliphatic rings. The molecule has 2 unspecified atom stereocenters. The molecule has 3 heteroatoms. The first kappa shape index (κ1) is 13.2. The monoisotopic (exact) mass is 199 g/mol. The Kier molecular flexibility index (Phi) is 7.11. The van der Waals surface area contributed by atoms with Gasteiger partial charge in [0.05, 0.1) is 0 Å². The lowest BCUT2D eigenvalue weighted by molar-refractivity contribution is -0.138. The van der Waals surface area contributed by atoms with E-state index in [4.69, 9.17) is 10.8 Å². The van der Waals surface area contributed by atoms with E-state index in [0.29, 0.717) is 12.5 Å². The third-order valence-corrected chi connectivity index (χ3v) is 2.20. The summed E-state index contributed by atoms with van der Waals surface area (Å²) in [5, 5.41) is 8.63. The van der Waals surface area contributed by atoms with Crippen molar-refractivity contribution in [3.8, 4) is 0 Å². The summed E-state index contributed by atoms with van der Waals surface area (Å²) in [7, 11) is 0. The Bertz CT molecular complexity index is 190. The third-order valence-electron chi connectivity index (χ3n) is 2.20. The maximum Gasteiger partial charge on any atom is 0.303 e. The van der Waals surface area contributed by atoms with Gasteiger partial charge in [-0.25, -0.2) is 0 Å². The molecule has 0 saturated heterocycles. The van der Waals surface area contributed by atoms with Crippen LogP contribution in [0.1, 0.15) is 33.1 Å². The van der Waals surface area contributed by atoms with Gasteiger partial charge in [0.2, 0.25) is 0 Å². The van der Waals surface area contributed by atoms with Crippen LogP contribution in [0.2, 0.25) is 0 Å². The molecule has 0 aliphatic heterocycles. The number of carboxylic acids is 1. The second-order valence-electron chi connectivity index (χ2n) is 3.75. The van der Waals surface area contributed by atoms with Crippen LogP contribution in [0, 0.1) is 11.8 Å². The molecule has 14 heavy (non-hydrogen) atoms. The lowest BCUT2D eigenvalue weighted by atomic mass is 9.93. The topological polar surface area (TPSA) is 63.3 Å². The molecule has 0 saturated carbocycles. The Morgan fingerprint density at radius 3 is 2.64 bits per heavy atom. The van der Waals surface area contributed by atoms with Crippen molar-refractivity contribution >= 4 is 5.97 Å². The number of carboxylic acid groups (broad SMARTS) is 1. The van der Waals surface area contributed by atoms with Gasteiger partial charge in [0.15, 0.2) is 0 Å². The average molecular weight is 199 g/mol. The lowest BCUT2D eigenvalue weighted by Crippen LogP contribution is -2.19. The SMILES string of the molecule is CC/C=C/C(C)CC(CN)CC(=O)O. The van der Waals surface area contributed by atoms with Crippen LogP contribution in [0.3, 0.4) is 0 Å². The fraction of sp³-hybridized carbons (Fsp3) is 0.727. The van der Waals surface area contributed by atoms with E-state index in [-0.39, 0.29) is 12.3 Å². The van der Waals surface area contributed by atoms with Crippen LogP contribution >= 0.6 is 0 Å². The summed E-state index contributed by atoms with van der Waals surface area (Å²) in [5.74, 6) is -0.237. The van der Waals surface area contributed by atoms with E-state index in [1.165, 1.54) is 0 Å². The number of rotatable bonds is 7. The van der Waals surface area contributed by atoms with Crippen LogP contribution in [0.15, 0.2) is 12.2 Å². The van der Waals surface area contributed by atoms with E-state index in [2.05, 4.69) is 26.0 Å². The smallest absolute Gasteiger partial charge is 0.303 e. The zero-order valence-electron chi connectivity index (χ0n) is 9.07. The van der Waals surface area contributed by atoms with Crippen molar-refractivity contribution < 1.29 is 9.90 Å². The minimum atomic E-state index is -0.757. The molecule has 0 aromatic carbocycles. The Balaban J connectivity index is 3.91. The molecule has 82 valence electrons. The predicted octanol–water partition coefficient (Wildman–Crippen LogP) is 2.03. The second-order valence-corrected chi connectivity index (χ2v) is 3.75. The van der Waals surface area contributed by atoms with Gasteiger partial charge in [0.1, 0.15) is 0 Å². The second kappa shape index (κ2) is 7.56. The number of aliphatic carboxylic acids is 1. The molecule has 0 aromatic rings. The fourth-order valence-electron chi connectivity index (χ4n) is 1.48. The van der Waals surface area contributed by atoms with Crippen molar-refractivity contribution in [2.45, 2.75) is 33.1 Å². The quantitative estimate of drug-likeness (QED) is 0.617. The number of carbonyl (C=O) groups is 1. The van der Waals surface area contributed by atoms with Gasteiger partial charge in [-0.3, -0.25) is 4.79 Å². The summed E-state index contributed by atoms with van der Waals surface area (Å²) in [5.41, 5.74) is 5.51. The van der Waals surface area contributed by atoms with Crippen molar-refractivity contribution in [2.24, 2.45) is 17.6 Å². The first-order chi connectivity index (χ1) is 6.60. The summed E-state index contributed by atoms with van der Waals surface area (Å²) in [4.78, 5) is 10.5. The van der Waals surface area contributed by atoms with E-state index in [0.717, 1.165) is 12.8 Å². The van der Waals surface area contributed by atoms with Crippen LogP contribution in [-0.4, -0.2) is 17.6 Å². The number of hydrogen-bond acceptors (Lipinski definition) is 2. The highest BCUT2D eigenvalue weighted by Crippen LogP contribution is 2.15. The maximum atomic E-state index is 10.5. The standard InChI is InChI=1S/C11H21NO2/c1-3-4-5-9(2)6-10(8-12)7-11(13)14/h4-5,9-10H,3,6-8,12H2,1-2H3,(H,13,14)/b5-4+. The lowest BCUT2D eigenvalue weighted by Gasteiger charge is -2.15. The van der Waals surface area contributed by atoms with E-state index in [1.807, 2.05) is 0 Å². The summed E-state index contributed by atoms with van der Waals surface area (Å²) in [6.07, 6.45) is 6.31. The minimum Gasteiger partial charge on any atom is -0.481 e. The van der Waals surface area contributed by atoms with Gasteiger partial charge >= 0.3 is 5.97 Å². The Labute approximate surface area is 86.0 Å². The van der Waals surface area contributed by atoms with Crippen LogP contribution in [0.25, 0.3) is 0 Å². The summed E-state index contributed by atoms with van der Waals surface area (Å²) >= 11 is 0. The van der Waals surface area contributed by atoms with Gasteiger partial charge in [-0.05, 0) is 31.2 Å². The zero-order chi connectivity index (χ0) is 11.0. The zero-order valence-corrected chi connectivity index (χ0v) is 9.07. The van der Waals surface area contributed by atoms with Crippen LogP contribution < -0.4 is 5.73 Å². The summed E-state index contributed by atoms with van der Waals surface area (Å²) < 4.78 is 0. The van der Waals surface area contributed by atoms with Crippen molar-refractivity contribution in [2.75, 3.05) is 6.54 Å². The van der Waals surface area contributed by atoms with Crippen LogP contribution in [0.4, 0.5) is 0 Å². The molecule has 0 bridgehead atoms. The number of nitrogens with two attached hydrogens (primary N) is 1. The van der Waals surface area contributed by atoms with E-state index in [9.17, 15) is 4.79 Å². The first-order valence-electron chi connectivity index (χ1n) is 5.18. The van der Waals surface area contributed by atoms with Gasteiger partial charge in [-0.15, -0.1) is 0 Å². The molecule has 0 aromatic heterocycles. The molecule has 3 N–H and O–H groups in total. The van der Waals surface area contributed by atoms with Gasteiger partial charge in [-0.1, -0.05) is 26.0 Å². The molecule has 0 fully saturated rings. The predicted molar refractivity (Wildman–Crippen MR) is 58.0 cm³/mol. The Morgan fingerprint density at radius 1 is 1.57 bits per heavy atom. The average Bonchev–Trinajstić information content (AvgIpc) is 2.12. The van der Waals surface area contributed by atoms with Crippen molar-refractivity contribution in [3.63, 3.8) is 0 Å². The number of allylic oxidation sites excluding steroid dienone is 2. The molecule has 0 aliphatic carbocycles. The fourth-order valence-corrected chi connectivity index (χ4v) is 1.48. The Morgan fingerprint density at radius 2 is 2.21 bits per heavy atom. The largest absolute Gasteiger partial charge is 0.481 e. The first-order valence-corrected chi connectivity index (χ1v) is 5.18. The molecule has 0 rings (SSSR count). The molecule has 3 nitrogen and oxygen atoms in total. The highest BCUT2D eigenvalue weighted by Gasteiger charge is 2.13. The summed E-state index contributed by atoms with van der Waals surface area (Å²) in [6.45, 7) is 4.63. The molecule has 0 amide bonds. The van der Waals surface area contributed by atoms with Crippen molar-refractivity contribution in [1.82, 2.24) is 0 Å². The molecule has 2 atom stereocenters. The van der Waals surface area contributed by atoms with Crippen molar-refractivity contribution in [3.05, 3.63) is 12.2 Å². The van der Waals surface area contributed by atoms with Gasteiger partial charge in [0.25, 0.3) is 0 Å². The Hall–Kier alpha value is -0.830. The van der Waals surface area contributed by atoms with Gasteiger partial charge in [0, 0.05) is 6.42 Å². The normalized spacial score (nSPS) is 15.6. The van der Waals surface area contributed by atoms with Crippen LogP contribution in [-0.2, 0) is 4.79 Å².